The van der Waals surface area contributed by atoms with Crippen molar-refractivity contribution in [3.8, 4) is 11.4 Å². The zero-order chi connectivity index (χ0) is 24.6. The second-order valence-electron chi connectivity index (χ2n) is 8.55. The third-order valence-corrected chi connectivity index (χ3v) is 7.71. The third-order valence-electron chi connectivity index (χ3n) is 6.26. The Hall–Kier alpha value is -3.81. The van der Waals surface area contributed by atoms with Gasteiger partial charge in [0.25, 0.3) is 11.8 Å². The van der Waals surface area contributed by atoms with Crippen LogP contribution in [0.2, 0.25) is 5.02 Å². The molecule has 1 unspecified atom stereocenters. The van der Waals surface area contributed by atoms with E-state index in [4.69, 9.17) is 16.6 Å². The van der Waals surface area contributed by atoms with Gasteiger partial charge in [-0.3, -0.25) is 15.0 Å². The number of thioether (sulfide) groups is 1. The Bertz CT molecular complexity index is 1610. The number of hydrazine groups is 1. The third kappa shape index (κ3) is 4.10. The highest BCUT2D eigenvalue weighted by Crippen LogP contribution is 2.40. The zero-order valence-corrected chi connectivity index (χ0v) is 20.7. The molecule has 4 aromatic carbocycles. The first-order valence-electron chi connectivity index (χ1n) is 11.5. The molecule has 0 spiro atoms. The normalized spacial score (nSPS) is 15.6. The number of benzene rings is 4. The summed E-state index contributed by atoms with van der Waals surface area (Å²) >= 11 is 7.59. The van der Waals surface area contributed by atoms with E-state index in [1.54, 1.807) is 12.1 Å². The quantitative estimate of drug-likeness (QED) is 0.322. The smallest absolute Gasteiger partial charge is 0.258 e. The SMILES string of the molecule is O=C(Cn1c(-c2ccc(Cl)cc2)nc2ccccc21)NN1C(=O)CSC1c1cccc2ccccc12. The van der Waals surface area contributed by atoms with Gasteiger partial charge < -0.3 is 4.57 Å². The Kier molecular flexibility index (Phi) is 5.87. The molecule has 6 rings (SSSR count). The van der Waals surface area contributed by atoms with Crippen LogP contribution in [0.3, 0.4) is 0 Å². The average molecular weight is 513 g/mol. The van der Waals surface area contributed by atoms with E-state index < -0.39 is 0 Å². The van der Waals surface area contributed by atoms with E-state index in [0.29, 0.717) is 16.6 Å². The van der Waals surface area contributed by atoms with Gasteiger partial charge in [0.2, 0.25) is 0 Å². The predicted octanol–water partition coefficient (Wildman–Crippen LogP) is 5.82. The van der Waals surface area contributed by atoms with Crippen LogP contribution in [0, 0.1) is 0 Å². The Balaban J connectivity index is 1.31. The van der Waals surface area contributed by atoms with Crippen molar-refractivity contribution in [2.45, 2.75) is 11.9 Å². The molecule has 2 heterocycles. The van der Waals surface area contributed by atoms with Gasteiger partial charge in [-0.25, -0.2) is 9.99 Å². The van der Waals surface area contributed by atoms with Crippen molar-refractivity contribution >= 4 is 57.0 Å². The number of nitrogens with zero attached hydrogens (tertiary/aromatic N) is 3. The van der Waals surface area contributed by atoms with E-state index in [2.05, 4.69) is 5.43 Å². The summed E-state index contributed by atoms with van der Waals surface area (Å²) in [5.74, 6) is 0.544. The van der Waals surface area contributed by atoms with Crippen LogP contribution in [0.15, 0.2) is 91.0 Å². The molecule has 1 atom stereocenters. The first-order chi connectivity index (χ1) is 17.6. The van der Waals surface area contributed by atoms with Crippen molar-refractivity contribution < 1.29 is 9.59 Å². The monoisotopic (exact) mass is 512 g/mol. The van der Waals surface area contributed by atoms with Gasteiger partial charge in [-0.1, -0.05) is 66.2 Å². The summed E-state index contributed by atoms with van der Waals surface area (Å²) in [5.41, 5.74) is 6.36. The highest BCUT2D eigenvalue weighted by Gasteiger charge is 2.35. The van der Waals surface area contributed by atoms with E-state index in [1.165, 1.54) is 16.8 Å². The maximum Gasteiger partial charge on any atom is 0.258 e. The largest absolute Gasteiger partial charge is 0.314 e. The van der Waals surface area contributed by atoms with Gasteiger partial charge in [0.05, 0.1) is 16.8 Å². The topological polar surface area (TPSA) is 67.2 Å². The molecule has 2 amide bonds. The number of amides is 2. The molecule has 8 heteroatoms. The van der Waals surface area contributed by atoms with Gasteiger partial charge in [0.1, 0.15) is 17.7 Å². The number of fused-ring (bicyclic) bond motifs is 2. The summed E-state index contributed by atoms with van der Waals surface area (Å²) in [4.78, 5) is 30.9. The van der Waals surface area contributed by atoms with Gasteiger partial charge >= 0.3 is 0 Å². The summed E-state index contributed by atoms with van der Waals surface area (Å²) in [5, 5.41) is 3.96. The molecule has 1 saturated heterocycles. The number of aromatic nitrogens is 2. The van der Waals surface area contributed by atoms with Gasteiger partial charge in [-0.15, -0.1) is 11.8 Å². The number of para-hydroxylation sites is 2. The first kappa shape index (κ1) is 22.6. The molecule has 6 nitrogen and oxygen atoms in total. The van der Waals surface area contributed by atoms with Crippen LogP contribution < -0.4 is 5.43 Å². The molecule has 0 aliphatic carbocycles. The van der Waals surface area contributed by atoms with Crippen LogP contribution >= 0.6 is 23.4 Å². The predicted molar refractivity (Wildman–Crippen MR) is 144 cm³/mol. The molecule has 0 saturated carbocycles. The number of rotatable bonds is 5. The van der Waals surface area contributed by atoms with Crippen LogP contribution in [-0.4, -0.2) is 32.1 Å². The highest BCUT2D eigenvalue weighted by atomic mass is 35.5. The molecule has 0 radical (unpaired) electrons. The van der Waals surface area contributed by atoms with E-state index in [9.17, 15) is 9.59 Å². The molecule has 36 heavy (non-hydrogen) atoms. The molecule has 1 aromatic heterocycles. The Morgan fingerprint density at radius 3 is 2.58 bits per heavy atom. The molecular weight excluding hydrogens is 492 g/mol. The molecule has 1 aliphatic rings. The minimum Gasteiger partial charge on any atom is -0.314 e. The number of carbonyl (C=O) groups is 2. The van der Waals surface area contributed by atoms with Crippen molar-refractivity contribution in [1.82, 2.24) is 20.0 Å². The summed E-state index contributed by atoms with van der Waals surface area (Å²) in [6.07, 6.45) is 0. The van der Waals surface area contributed by atoms with Gasteiger partial charge in [-0.05, 0) is 52.7 Å². The Morgan fingerprint density at radius 1 is 0.972 bits per heavy atom. The van der Waals surface area contributed by atoms with E-state index in [1.807, 2.05) is 83.4 Å². The summed E-state index contributed by atoms with van der Waals surface area (Å²) in [6.45, 7) is 0.00910. The van der Waals surface area contributed by atoms with E-state index in [-0.39, 0.29) is 23.7 Å². The van der Waals surface area contributed by atoms with Crippen molar-refractivity contribution in [2.75, 3.05) is 5.75 Å². The second kappa shape index (κ2) is 9.33. The van der Waals surface area contributed by atoms with Crippen LogP contribution in [-0.2, 0) is 16.1 Å². The molecule has 5 aromatic rings. The number of carbonyl (C=O) groups excluding carboxylic acids is 2. The van der Waals surface area contributed by atoms with Gasteiger partial charge in [0, 0.05) is 10.6 Å². The fourth-order valence-corrected chi connectivity index (χ4v) is 5.88. The molecule has 1 N–H and O–H groups in total. The van der Waals surface area contributed by atoms with Crippen LogP contribution in [0.4, 0.5) is 0 Å². The minimum atomic E-state index is -0.303. The summed E-state index contributed by atoms with van der Waals surface area (Å²) in [6, 6.07) is 29.2. The minimum absolute atomic E-state index is 0.00910. The summed E-state index contributed by atoms with van der Waals surface area (Å²) < 4.78 is 1.87. The van der Waals surface area contributed by atoms with Crippen molar-refractivity contribution in [3.05, 3.63) is 102 Å². The van der Waals surface area contributed by atoms with Gasteiger partial charge in [-0.2, -0.15) is 0 Å². The van der Waals surface area contributed by atoms with Crippen LogP contribution in [0.25, 0.3) is 33.2 Å². The highest BCUT2D eigenvalue weighted by molar-refractivity contribution is 8.00. The van der Waals surface area contributed by atoms with Gasteiger partial charge in [0.15, 0.2) is 0 Å². The maximum absolute atomic E-state index is 13.3. The number of halogens is 1. The standard InChI is InChI=1S/C28H21ClN4O2S/c29-20-14-12-19(13-15-20)27-30-23-10-3-4-11-24(23)32(27)16-25(34)31-33-26(35)17-36-28(33)22-9-5-7-18-6-1-2-8-21(18)22/h1-15,28H,16-17H2,(H,31,34). The van der Waals surface area contributed by atoms with Crippen molar-refractivity contribution in [3.63, 3.8) is 0 Å². The second-order valence-corrected chi connectivity index (χ2v) is 10.1. The fourth-order valence-electron chi connectivity index (χ4n) is 4.61. The van der Waals surface area contributed by atoms with Crippen molar-refractivity contribution in [2.24, 2.45) is 0 Å². The van der Waals surface area contributed by atoms with Crippen molar-refractivity contribution in [1.29, 1.82) is 0 Å². The summed E-state index contributed by atoms with van der Waals surface area (Å²) in [7, 11) is 0. The van der Waals surface area contributed by atoms with E-state index in [0.717, 1.165) is 32.9 Å². The fraction of sp³-hybridized carbons (Fsp3) is 0.107. The Morgan fingerprint density at radius 2 is 1.72 bits per heavy atom. The van der Waals surface area contributed by atoms with Crippen LogP contribution in [0.5, 0.6) is 0 Å². The molecule has 1 fully saturated rings. The number of nitrogens with one attached hydrogen (secondary N) is 1. The molecule has 0 bridgehead atoms. The lowest BCUT2D eigenvalue weighted by Crippen LogP contribution is -2.45. The number of hydrogen-bond donors (Lipinski definition) is 1. The number of hydrogen-bond acceptors (Lipinski definition) is 4. The first-order valence-corrected chi connectivity index (χ1v) is 12.9. The molecule has 178 valence electrons. The average Bonchev–Trinajstić information content (AvgIpc) is 3.44. The van der Waals surface area contributed by atoms with Crippen LogP contribution in [0.1, 0.15) is 10.9 Å². The lowest BCUT2D eigenvalue weighted by atomic mass is 10.0. The lowest BCUT2D eigenvalue weighted by Gasteiger charge is -2.26. The molecule has 1 aliphatic heterocycles. The lowest BCUT2D eigenvalue weighted by molar-refractivity contribution is -0.139. The zero-order valence-electron chi connectivity index (χ0n) is 19.1. The van der Waals surface area contributed by atoms with E-state index >= 15 is 0 Å². The molecular formula is C28H21ClN4O2S. The maximum atomic E-state index is 13.3. The Labute approximate surface area is 216 Å². The number of imidazole rings is 1.